The highest BCUT2D eigenvalue weighted by atomic mass is 32.1. The maximum Gasteiger partial charge on any atom is 0.279 e. The van der Waals surface area contributed by atoms with Crippen LogP contribution >= 0.6 is 11.3 Å². The topological polar surface area (TPSA) is 34.4 Å². The highest BCUT2D eigenvalue weighted by Crippen LogP contribution is 2.22. The lowest BCUT2D eigenvalue weighted by Gasteiger charge is -2.05. The molecule has 0 saturated heterocycles. The summed E-state index contributed by atoms with van der Waals surface area (Å²) in [6.07, 6.45) is 0.930. The summed E-state index contributed by atoms with van der Waals surface area (Å²) in [5, 5.41) is 0. The fourth-order valence-electron chi connectivity index (χ4n) is 2.61. The number of hydrogen-bond donors (Lipinski definition) is 0. The molecule has 0 bridgehead atoms. The molecule has 0 aliphatic rings. The minimum absolute atomic E-state index is 0.350. The van der Waals surface area contributed by atoms with E-state index in [4.69, 9.17) is 0 Å². The van der Waals surface area contributed by atoms with Crippen LogP contribution in [0.25, 0.3) is 10.2 Å². The molecule has 3 nitrogen and oxygen atoms in total. The summed E-state index contributed by atoms with van der Waals surface area (Å²) < 4.78 is 16.2. The first-order chi connectivity index (χ1) is 11.1. The Hall–Kier alpha value is -2.27. The highest BCUT2D eigenvalue weighted by Gasteiger charge is 2.10. The number of carbonyl (C=O) groups is 1. The molecule has 0 atom stereocenters. The summed E-state index contributed by atoms with van der Waals surface area (Å²) in [5.41, 5.74) is 2.78. The molecule has 1 heterocycles. The smallest absolute Gasteiger partial charge is 0.279 e. The van der Waals surface area contributed by atoms with Crippen LogP contribution in [0.15, 0.2) is 47.5 Å². The Balaban J connectivity index is 2.15. The molecule has 23 heavy (non-hydrogen) atoms. The first-order valence-electron chi connectivity index (χ1n) is 7.60. The average Bonchev–Trinajstić information content (AvgIpc) is 2.92. The van der Waals surface area contributed by atoms with Crippen molar-refractivity contribution in [3.8, 4) is 0 Å². The summed E-state index contributed by atoms with van der Waals surface area (Å²) >= 11 is 1.51. The quantitative estimate of drug-likeness (QED) is 0.711. The number of fused-ring (bicyclic) bond motifs is 1. The summed E-state index contributed by atoms with van der Waals surface area (Å²) in [6.45, 7) is 4.90. The molecule has 5 heteroatoms. The summed E-state index contributed by atoms with van der Waals surface area (Å²) in [7, 11) is 0. The number of halogens is 1. The van der Waals surface area contributed by atoms with Crippen molar-refractivity contribution in [2.45, 2.75) is 26.8 Å². The summed E-state index contributed by atoms with van der Waals surface area (Å²) in [4.78, 5) is 17.3. The SMILES string of the molecule is CCc1cccc2sc(=NC(=O)c3ccc(F)cc3)n(CC)c12. The Bertz CT molecular complexity index is 922. The number of carbonyl (C=O) groups excluding carboxylic acids is 1. The van der Waals surface area contributed by atoms with Crippen molar-refractivity contribution in [1.82, 2.24) is 4.57 Å². The van der Waals surface area contributed by atoms with Gasteiger partial charge in [-0.15, -0.1) is 0 Å². The molecule has 0 unspecified atom stereocenters. The molecule has 3 aromatic rings. The van der Waals surface area contributed by atoms with Crippen molar-refractivity contribution >= 4 is 27.5 Å². The third kappa shape index (κ3) is 2.97. The Labute approximate surface area is 137 Å². The number of hydrogen-bond acceptors (Lipinski definition) is 2. The zero-order valence-electron chi connectivity index (χ0n) is 13.0. The maximum atomic E-state index is 13.0. The predicted molar refractivity (Wildman–Crippen MR) is 91.2 cm³/mol. The molecular weight excluding hydrogens is 311 g/mol. The number of para-hydroxylation sites is 1. The van der Waals surface area contributed by atoms with Crippen molar-refractivity contribution in [3.63, 3.8) is 0 Å². The molecular formula is C18H17FN2OS. The Morgan fingerprint density at radius 1 is 1.17 bits per heavy atom. The lowest BCUT2D eigenvalue weighted by Crippen LogP contribution is -2.16. The fourth-order valence-corrected chi connectivity index (χ4v) is 3.75. The van der Waals surface area contributed by atoms with E-state index in [-0.39, 0.29) is 11.7 Å². The molecule has 0 radical (unpaired) electrons. The number of amides is 1. The van der Waals surface area contributed by atoms with E-state index in [0.29, 0.717) is 10.4 Å². The second kappa shape index (κ2) is 6.46. The third-order valence-electron chi connectivity index (χ3n) is 3.77. The van der Waals surface area contributed by atoms with Gasteiger partial charge in [0.15, 0.2) is 4.80 Å². The van der Waals surface area contributed by atoms with E-state index in [1.165, 1.54) is 41.2 Å². The normalized spacial score (nSPS) is 12.0. The number of nitrogens with zero attached hydrogens (tertiary/aromatic N) is 2. The van der Waals surface area contributed by atoms with Crippen LogP contribution in [0.3, 0.4) is 0 Å². The number of rotatable bonds is 3. The molecule has 1 amide bonds. The van der Waals surface area contributed by atoms with Gasteiger partial charge in [0, 0.05) is 12.1 Å². The average molecular weight is 328 g/mol. The Kier molecular flexibility index (Phi) is 4.39. The van der Waals surface area contributed by atoms with Crippen LogP contribution in [-0.4, -0.2) is 10.5 Å². The zero-order chi connectivity index (χ0) is 16.4. The largest absolute Gasteiger partial charge is 0.316 e. The third-order valence-corrected chi connectivity index (χ3v) is 4.81. The van der Waals surface area contributed by atoms with E-state index in [2.05, 4.69) is 22.5 Å². The molecule has 2 aromatic carbocycles. The van der Waals surface area contributed by atoms with E-state index in [1.807, 2.05) is 19.1 Å². The molecule has 1 aromatic heterocycles. The van der Waals surface area contributed by atoms with Crippen molar-refractivity contribution < 1.29 is 9.18 Å². The number of benzene rings is 2. The predicted octanol–water partition coefficient (Wildman–Crippen LogP) is 4.17. The van der Waals surface area contributed by atoms with Gasteiger partial charge in [-0.05, 0) is 49.2 Å². The molecule has 0 saturated carbocycles. The van der Waals surface area contributed by atoms with E-state index in [0.717, 1.165) is 23.2 Å². The summed E-state index contributed by atoms with van der Waals surface area (Å²) in [6, 6.07) is 11.7. The van der Waals surface area contributed by atoms with Crippen molar-refractivity contribution in [3.05, 3.63) is 64.2 Å². The second-order valence-corrected chi connectivity index (χ2v) is 6.18. The van der Waals surface area contributed by atoms with Gasteiger partial charge in [-0.3, -0.25) is 4.79 Å². The molecule has 0 spiro atoms. The molecule has 0 N–H and O–H groups in total. The minimum Gasteiger partial charge on any atom is -0.316 e. The van der Waals surface area contributed by atoms with Gasteiger partial charge in [-0.1, -0.05) is 30.4 Å². The van der Waals surface area contributed by atoms with Gasteiger partial charge in [0.1, 0.15) is 5.82 Å². The van der Waals surface area contributed by atoms with E-state index >= 15 is 0 Å². The van der Waals surface area contributed by atoms with E-state index in [1.54, 1.807) is 0 Å². The van der Waals surface area contributed by atoms with Gasteiger partial charge in [-0.2, -0.15) is 4.99 Å². The summed E-state index contributed by atoms with van der Waals surface area (Å²) in [5.74, 6) is -0.712. The van der Waals surface area contributed by atoms with Crippen LogP contribution in [0.1, 0.15) is 29.8 Å². The van der Waals surface area contributed by atoms with Gasteiger partial charge >= 0.3 is 0 Å². The van der Waals surface area contributed by atoms with Crippen LogP contribution in [0.4, 0.5) is 4.39 Å². The van der Waals surface area contributed by atoms with Crippen LogP contribution in [0, 0.1) is 5.82 Å². The van der Waals surface area contributed by atoms with Gasteiger partial charge in [0.05, 0.1) is 10.2 Å². The van der Waals surface area contributed by atoms with Gasteiger partial charge in [0.25, 0.3) is 5.91 Å². The van der Waals surface area contributed by atoms with Crippen molar-refractivity contribution in [1.29, 1.82) is 0 Å². The van der Waals surface area contributed by atoms with Crippen molar-refractivity contribution in [2.75, 3.05) is 0 Å². The second-order valence-electron chi connectivity index (χ2n) is 5.17. The molecule has 3 rings (SSSR count). The first-order valence-corrected chi connectivity index (χ1v) is 8.41. The minimum atomic E-state index is -0.361. The Morgan fingerprint density at radius 3 is 2.57 bits per heavy atom. The molecule has 0 aliphatic carbocycles. The number of aryl methyl sites for hydroxylation is 2. The van der Waals surface area contributed by atoms with Crippen LogP contribution in [0.5, 0.6) is 0 Å². The molecule has 118 valence electrons. The maximum absolute atomic E-state index is 13.0. The van der Waals surface area contributed by atoms with E-state index in [9.17, 15) is 9.18 Å². The van der Waals surface area contributed by atoms with Crippen molar-refractivity contribution in [2.24, 2.45) is 4.99 Å². The van der Waals surface area contributed by atoms with Crippen LogP contribution in [0.2, 0.25) is 0 Å². The Morgan fingerprint density at radius 2 is 1.91 bits per heavy atom. The fraction of sp³-hybridized carbons (Fsp3) is 0.222. The lowest BCUT2D eigenvalue weighted by atomic mass is 10.1. The monoisotopic (exact) mass is 328 g/mol. The first kappa shape index (κ1) is 15.6. The van der Waals surface area contributed by atoms with Gasteiger partial charge < -0.3 is 4.57 Å². The van der Waals surface area contributed by atoms with Crippen LogP contribution in [-0.2, 0) is 13.0 Å². The number of aromatic nitrogens is 1. The standard InChI is InChI=1S/C18H17FN2OS/c1-3-12-6-5-7-15-16(12)21(4-2)18(23-15)20-17(22)13-8-10-14(19)11-9-13/h5-11H,3-4H2,1-2H3. The van der Waals surface area contributed by atoms with E-state index < -0.39 is 0 Å². The molecule has 0 fully saturated rings. The zero-order valence-corrected chi connectivity index (χ0v) is 13.9. The highest BCUT2D eigenvalue weighted by molar-refractivity contribution is 7.16. The number of thiazole rings is 1. The van der Waals surface area contributed by atoms with Gasteiger partial charge in [0.2, 0.25) is 0 Å². The lowest BCUT2D eigenvalue weighted by molar-refractivity contribution is 0.0998. The molecule has 0 aliphatic heterocycles. The van der Waals surface area contributed by atoms with Crippen LogP contribution < -0.4 is 4.80 Å². The van der Waals surface area contributed by atoms with Gasteiger partial charge in [-0.25, -0.2) is 4.39 Å².